The van der Waals surface area contributed by atoms with Crippen LogP contribution < -0.4 is 14.4 Å². The summed E-state index contributed by atoms with van der Waals surface area (Å²) in [6, 6.07) is 5.53. The fourth-order valence-electron chi connectivity index (χ4n) is 3.25. The van der Waals surface area contributed by atoms with Gasteiger partial charge in [0.1, 0.15) is 16.7 Å². The van der Waals surface area contributed by atoms with Crippen LogP contribution in [0.25, 0.3) is 0 Å². The predicted octanol–water partition coefficient (Wildman–Crippen LogP) is 3.51. The zero-order valence-corrected chi connectivity index (χ0v) is 16.8. The number of rotatable bonds is 6. The summed E-state index contributed by atoms with van der Waals surface area (Å²) in [4.78, 5) is 14.9. The van der Waals surface area contributed by atoms with Gasteiger partial charge in [-0.15, -0.1) is 0 Å². The van der Waals surface area contributed by atoms with Crippen LogP contribution in [0.1, 0.15) is 56.8 Å². The third-order valence-electron chi connectivity index (χ3n) is 5.56. The second kappa shape index (κ2) is 8.42. The van der Waals surface area contributed by atoms with E-state index in [0.717, 1.165) is 36.9 Å². The number of fused-ring (bicyclic) bond motifs is 1. The number of carbonyl (C=O) groups is 1. The van der Waals surface area contributed by atoms with Crippen LogP contribution in [0.4, 0.5) is 5.69 Å². The lowest BCUT2D eigenvalue weighted by Gasteiger charge is -2.33. The Morgan fingerprint density at radius 3 is 2.73 bits per heavy atom. The number of hydrogen-bond donors (Lipinski definition) is 1. The van der Waals surface area contributed by atoms with Gasteiger partial charge < -0.3 is 9.64 Å². The number of anilines is 1. The lowest BCUT2D eigenvalue weighted by molar-refractivity contribution is 0.0982. The van der Waals surface area contributed by atoms with Crippen molar-refractivity contribution in [3.63, 3.8) is 0 Å². The van der Waals surface area contributed by atoms with Gasteiger partial charge in [-0.3, -0.25) is 9.52 Å². The van der Waals surface area contributed by atoms with Crippen molar-refractivity contribution < 1.29 is 13.7 Å². The van der Waals surface area contributed by atoms with Crippen LogP contribution in [0.15, 0.2) is 18.2 Å². The van der Waals surface area contributed by atoms with E-state index in [1.807, 2.05) is 32.9 Å². The summed E-state index contributed by atoms with van der Waals surface area (Å²) in [5.74, 6) is 1.55. The maximum Gasteiger partial charge on any atom is 0.263 e. The first-order chi connectivity index (χ1) is 12.5. The summed E-state index contributed by atoms with van der Waals surface area (Å²) in [5.41, 5.74) is 1.53. The van der Waals surface area contributed by atoms with Crippen molar-refractivity contribution in [3.05, 3.63) is 23.8 Å². The summed E-state index contributed by atoms with van der Waals surface area (Å²) >= 11 is 0. The Balaban J connectivity index is 1.76. The standard InChI is InChI=1S/C20H30N2O3S/c1-14(2)15(3)26(24)21-20(23)17-8-9-19-18(12-17)22(10-5-11-25-19)13-16-6-4-7-16/h8-9,12,14-16H,4-7,10-11,13H2,1-3H3,(H,21,23)/t15-,26?/m1/s1. The minimum absolute atomic E-state index is 0.0850. The number of nitrogens with one attached hydrogen (secondary N) is 1. The molecule has 1 fully saturated rings. The minimum Gasteiger partial charge on any atom is -0.491 e. The van der Waals surface area contributed by atoms with Gasteiger partial charge in [0, 0.05) is 18.7 Å². The normalized spacial score (nSPS) is 19.8. The Kier molecular flexibility index (Phi) is 6.22. The molecule has 1 aromatic carbocycles. The van der Waals surface area contributed by atoms with Crippen LogP contribution in [0.3, 0.4) is 0 Å². The lowest BCUT2D eigenvalue weighted by atomic mass is 9.85. The van der Waals surface area contributed by atoms with Crippen molar-refractivity contribution in [1.29, 1.82) is 0 Å². The topological polar surface area (TPSA) is 58.6 Å². The van der Waals surface area contributed by atoms with Crippen molar-refractivity contribution in [2.75, 3.05) is 24.6 Å². The van der Waals surface area contributed by atoms with Gasteiger partial charge in [0.05, 0.1) is 17.5 Å². The first kappa shape index (κ1) is 19.2. The smallest absolute Gasteiger partial charge is 0.263 e. The lowest BCUT2D eigenvalue weighted by Crippen LogP contribution is -2.35. The number of amides is 1. The van der Waals surface area contributed by atoms with E-state index in [0.29, 0.717) is 12.2 Å². The molecule has 1 aromatic rings. The summed E-state index contributed by atoms with van der Waals surface area (Å²) < 4.78 is 20.8. The highest BCUT2D eigenvalue weighted by atomic mass is 32.2. The first-order valence-corrected chi connectivity index (χ1v) is 10.9. The van der Waals surface area contributed by atoms with Crippen molar-refractivity contribution in [3.8, 4) is 5.75 Å². The zero-order valence-electron chi connectivity index (χ0n) is 16.0. The van der Waals surface area contributed by atoms with E-state index in [4.69, 9.17) is 4.74 Å². The molecule has 0 saturated heterocycles. The van der Waals surface area contributed by atoms with Crippen LogP contribution in [0, 0.1) is 11.8 Å². The molecule has 1 aliphatic carbocycles. The van der Waals surface area contributed by atoms with Crippen molar-refractivity contribution in [2.24, 2.45) is 11.8 Å². The number of benzene rings is 1. The molecule has 0 aromatic heterocycles. The molecule has 3 rings (SSSR count). The third kappa shape index (κ3) is 4.40. The molecule has 1 saturated carbocycles. The van der Waals surface area contributed by atoms with Crippen LogP contribution in [-0.2, 0) is 11.0 Å². The Morgan fingerprint density at radius 2 is 2.08 bits per heavy atom. The van der Waals surface area contributed by atoms with Gasteiger partial charge >= 0.3 is 0 Å². The molecule has 1 amide bonds. The SMILES string of the molecule is CC(C)[C@@H](C)S(=O)NC(=O)c1ccc2c(c1)N(CC1CCC1)CCCO2. The van der Waals surface area contributed by atoms with Crippen molar-refractivity contribution in [1.82, 2.24) is 4.72 Å². The molecule has 1 heterocycles. The second-order valence-electron chi connectivity index (χ2n) is 7.81. The van der Waals surface area contributed by atoms with Gasteiger partial charge in [-0.2, -0.15) is 0 Å². The van der Waals surface area contributed by atoms with E-state index in [2.05, 4.69) is 9.62 Å². The van der Waals surface area contributed by atoms with Gasteiger partial charge in [-0.25, -0.2) is 4.21 Å². The monoisotopic (exact) mass is 378 g/mol. The molecule has 144 valence electrons. The van der Waals surface area contributed by atoms with E-state index in [1.165, 1.54) is 19.3 Å². The Morgan fingerprint density at radius 1 is 1.31 bits per heavy atom. The number of carbonyl (C=O) groups excluding carboxylic acids is 1. The molecule has 6 heteroatoms. The van der Waals surface area contributed by atoms with Gasteiger partial charge in [0.25, 0.3) is 5.91 Å². The van der Waals surface area contributed by atoms with Crippen LogP contribution in [0.5, 0.6) is 5.75 Å². The fourth-order valence-corrected chi connectivity index (χ4v) is 4.23. The Bertz CT molecular complexity index is 673. The number of hydrogen-bond acceptors (Lipinski definition) is 4. The maximum absolute atomic E-state index is 12.6. The third-order valence-corrected chi connectivity index (χ3v) is 7.17. The maximum atomic E-state index is 12.6. The largest absolute Gasteiger partial charge is 0.491 e. The average Bonchev–Trinajstić information content (AvgIpc) is 2.78. The van der Waals surface area contributed by atoms with E-state index in [-0.39, 0.29) is 17.1 Å². The number of ether oxygens (including phenoxy) is 1. The van der Waals surface area contributed by atoms with Crippen molar-refractivity contribution in [2.45, 2.75) is 51.7 Å². The first-order valence-electron chi connectivity index (χ1n) is 9.69. The molecule has 2 atom stereocenters. The van der Waals surface area contributed by atoms with Gasteiger partial charge in [0.2, 0.25) is 0 Å². The summed E-state index contributed by atoms with van der Waals surface area (Å²) in [5, 5.41) is -0.0850. The van der Waals surface area contributed by atoms with Gasteiger partial charge in [0.15, 0.2) is 0 Å². The molecule has 0 spiro atoms. The van der Waals surface area contributed by atoms with Crippen LogP contribution >= 0.6 is 0 Å². The fraction of sp³-hybridized carbons (Fsp3) is 0.650. The summed E-state index contributed by atoms with van der Waals surface area (Å²) in [6.07, 6.45) is 4.89. The predicted molar refractivity (Wildman–Crippen MR) is 106 cm³/mol. The second-order valence-corrected chi connectivity index (χ2v) is 9.35. The van der Waals surface area contributed by atoms with E-state index in [9.17, 15) is 9.00 Å². The van der Waals surface area contributed by atoms with Gasteiger partial charge in [-0.05, 0) is 56.2 Å². The molecule has 5 nitrogen and oxygen atoms in total. The highest BCUT2D eigenvalue weighted by molar-refractivity contribution is 7.84. The molecular weight excluding hydrogens is 348 g/mol. The molecule has 0 radical (unpaired) electrons. The highest BCUT2D eigenvalue weighted by Crippen LogP contribution is 2.35. The molecule has 26 heavy (non-hydrogen) atoms. The minimum atomic E-state index is -1.39. The molecule has 2 aliphatic rings. The molecule has 1 N–H and O–H groups in total. The quantitative estimate of drug-likeness (QED) is 0.823. The Labute approximate surface area is 159 Å². The highest BCUT2D eigenvalue weighted by Gasteiger charge is 2.25. The van der Waals surface area contributed by atoms with E-state index >= 15 is 0 Å². The molecule has 1 unspecified atom stereocenters. The van der Waals surface area contributed by atoms with Crippen molar-refractivity contribution >= 4 is 22.6 Å². The molecule has 1 aliphatic heterocycles. The van der Waals surface area contributed by atoms with Crippen LogP contribution in [0.2, 0.25) is 0 Å². The number of nitrogens with zero attached hydrogens (tertiary/aromatic N) is 1. The molecule has 0 bridgehead atoms. The zero-order chi connectivity index (χ0) is 18.7. The van der Waals surface area contributed by atoms with E-state index < -0.39 is 11.0 Å². The summed E-state index contributed by atoms with van der Waals surface area (Å²) in [6.45, 7) is 8.59. The van der Waals surface area contributed by atoms with E-state index in [1.54, 1.807) is 6.07 Å². The van der Waals surface area contributed by atoms with Gasteiger partial charge in [-0.1, -0.05) is 20.3 Å². The van der Waals surface area contributed by atoms with Crippen LogP contribution in [-0.4, -0.2) is 35.1 Å². The Hall–Kier alpha value is -1.56. The molecular formula is C20H30N2O3S. The average molecular weight is 379 g/mol. The summed E-state index contributed by atoms with van der Waals surface area (Å²) in [7, 11) is -1.39.